The van der Waals surface area contributed by atoms with E-state index in [1.54, 1.807) is 7.11 Å². The maximum atomic E-state index is 5.49. The average molecular weight is 503 g/mol. The summed E-state index contributed by atoms with van der Waals surface area (Å²) in [6, 6.07) is 6.74. The summed E-state index contributed by atoms with van der Waals surface area (Å²) in [4.78, 5) is 9.82. The number of aliphatic imine (C=N–C) groups is 1. The molecule has 28 heavy (non-hydrogen) atoms. The lowest BCUT2D eigenvalue weighted by Gasteiger charge is -2.37. The molecule has 2 N–H and O–H groups in total. The molecule has 0 amide bonds. The van der Waals surface area contributed by atoms with Crippen LogP contribution in [0.5, 0.6) is 5.75 Å². The van der Waals surface area contributed by atoms with Crippen LogP contribution >= 0.6 is 24.0 Å². The Labute approximate surface area is 188 Å². The van der Waals surface area contributed by atoms with E-state index in [0.717, 1.165) is 50.0 Å². The fourth-order valence-corrected chi connectivity index (χ4v) is 3.38. The van der Waals surface area contributed by atoms with Crippen LogP contribution in [0.15, 0.2) is 23.2 Å². The van der Waals surface area contributed by atoms with E-state index in [4.69, 9.17) is 9.73 Å². The number of aryl methyl sites for hydroxylation is 1. The summed E-state index contributed by atoms with van der Waals surface area (Å²) >= 11 is 0. The Morgan fingerprint density at radius 3 is 2.50 bits per heavy atom. The molecule has 160 valence electrons. The molecule has 1 aliphatic heterocycles. The summed E-state index contributed by atoms with van der Waals surface area (Å²) in [7, 11) is 1.71. The second-order valence-electron chi connectivity index (χ2n) is 7.21. The molecule has 0 spiro atoms. The van der Waals surface area contributed by atoms with Gasteiger partial charge in [0.1, 0.15) is 5.75 Å². The van der Waals surface area contributed by atoms with Gasteiger partial charge in [-0.05, 0) is 38.9 Å². The van der Waals surface area contributed by atoms with Crippen LogP contribution in [0.1, 0.15) is 31.9 Å². The molecular formula is C21H38IN5O. The maximum Gasteiger partial charge on any atom is 0.191 e. The second-order valence-corrected chi connectivity index (χ2v) is 7.21. The van der Waals surface area contributed by atoms with Crippen molar-refractivity contribution in [1.29, 1.82) is 0 Å². The number of rotatable bonds is 8. The molecule has 1 unspecified atom stereocenters. The van der Waals surface area contributed by atoms with Crippen molar-refractivity contribution in [3.8, 4) is 5.75 Å². The number of methoxy groups -OCH3 is 1. The van der Waals surface area contributed by atoms with E-state index in [-0.39, 0.29) is 24.0 Å². The van der Waals surface area contributed by atoms with Gasteiger partial charge in [-0.15, -0.1) is 24.0 Å². The van der Waals surface area contributed by atoms with Crippen LogP contribution in [0.4, 0.5) is 0 Å². The first-order valence-corrected chi connectivity index (χ1v) is 10.2. The van der Waals surface area contributed by atoms with Crippen LogP contribution in [0.2, 0.25) is 0 Å². The molecule has 2 rings (SSSR count). The van der Waals surface area contributed by atoms with Crippen molar-refractivity contribution in [3.05, 3.63) is 29.3 Å². The fraction of sp³-hybridized carbons (Fsp3) is 0.667. The zero-order valence-electron chi connectivity index (χ0n) is 18.1. The van der Waals surface area contributed by atoms with E-state index in [9.17, 15) is 0 Å². The summed E-state index contributed by atoms with van der Waals surface area (Å²) in [6.07, 6.45) is 0. The Morgan fingerprint density at radius 1 is 1.18 bits per heavy atom. The minimum absolute atomic E-state index is 0. The first kappa shape index (κ1) is 25.0. The zero-order valence-corrected chi connectivity index (χ0v) is 20.5. The van der Waals surface area contributed by atoms with Gasteiger partial charge in [0.25, 0.3) is 0 Å². The van der Waals surface area contributed by atoms with Crippen LogP contribution < -0.4 is 15.4 Å². The number of benzene rings is 1. The first-order valence-electron chi connectivity index (χ1n) is 10.2. The molecule has 7 heteroatoms. The lowest BCUT2D eigenvalue weighted by molar-refractivity contribution is 0.107. The lowest BCUT2D eigenvalue weighted by Crippen LogP contribution is -2.53. The van der Waals surface area contributed by atoms with Crippen molar-refractivity contribution in [1.82, 2.24) is 20.4 Å². The number of piperazine rings is 1. The smallest absolute Gasteiger partial charge is 0.191 e. The number of hydrogen-bond donors (Lipinski definition) is 2. The summed E-state index contributed by atoms with van der Waals surface area (Å²) in [6.45, 7) is 16.8. The van der Waals surface area contributed by atoms with Gasteiger partial charge in [-0.25, -0.2) is 4.99 Å². The molecular weight excluding hydrogens is 465 g/mol. The molecule has 0 aromatic heterocycles. The quantitative estimate of drug-likeness (QED) is 0.325. The van der Waals surface area contributed by atoms with Gasteiger partial charge < -0.3 is 20.3 Å². The van der Waals surface area contributed by atoms with Gasteiger partial charge in [0.15, 0.2) is 5.96 Å². The molecule has 0 saturated carbocycles. The van der Waals surface area contributed by atoms with Crippen LogP contribution in [-0.2, 0) is 6.54 Å². The molecule has 6 nitrogen and oxygen atoms in total. The monoisotopic (exact) mass is 503 g/mol. The predicted octanol–water partition coefficient (Wildman–Crippen LogP) is 2.70. The van der Waals surface area contributed by atoms with Crippen LogP contribution in [0.3, 0.4) is 0 Å². The topological polar surface area (TPSA) is 52.1 Å². The van der Waals surface area contributed by atoms with Crippen LogP contribution in [0, 0.1) is 6.92 Å². The number of likely N-dealkylation sites (N-methyl/N-ethyl adjacent to an activating group) is 1. The summed E-state index contributed by atoms with van der Waals surface area (Å²) in [5.41, 5.74) is 2.30. The molecule has 0 radical (unpaired) electrons. The third-order valence-corrected chi connectivity index (χ3v) is 5.24. The third-order valence-electron chi connectivity index (χ3n) is 5.24. The molecule has 1 heterocycles. The predicted molar refractivity (Wildman–Crippen MR) is 129 cm³/mol. The minimum Gasteiger partial charge on any atom is -0.496 e. The normalized spacial score (nSPS) is 17.0. The molecule has 1 atom stereocenters. The number of guanidine groups is 1. The van der Waals surface area contributed by atoms with Gasteiger partial charge in [-0.1, -0.05) is 19.1 Å². The second kappa shape index (κ2) is 13.2. The molecule has 1 aliphatic rings. The first-order chi connectivity index (χ1) is 13.1. The molecule has 0 bridgehead atoms. The van der Waals surface area contributed by atoms with E-state index >= 15 is 0 Å². The third kappa shape index (κ3) is 7.75. The Hall–Kier alpha value is -1.06. The van der Waals surface area contributed by atoms with Gasteiger partial charge in [0.2, 0.25) is 0 Å². The van der Waals surface area contributed by atoms with Crippen LogP contribution in [-0.4, -0.2) is 74.7 Å². The van der Waals surface area contributed by atoms with Gasteiger partial charge in [0.05, 0.1) is 13.7 Å². The minimum atomic E-state index is 0. The molecule has 1 saturated heterocycles. The molecule has 0 aliphatic carbocycles. The van der Waals surface area contributed by atoms with E-state index in [0.29, 0.717) is 12.6 Å². The number of halogens is 1. The summed E-state index contributed by atoms with van der Waals surface area (Å²) < 4.78 is 5.49. The maximum absolute atomic E-state index is 5.49. The standard InChI is InChI=1S/C21H37N5O.HI/c1-6-22-21(24-16-19-9-8-17(3)14-20(19)27-5)23-15-18(4)26-12-10-25(7-2)11-13-26;/h8-9,14,18H,6-7,10-13,15-16H2,1-5H3,(H2,22,23,24);1H. The molecule has 1 aromatic rings. The van der Waals surface area contributed by atoms with Gasteiger partial charge >= 0.3 is 0 Å². The van der Waals surface area contributed by atoms with Crippen molar-refractivity contribution in [2.45, 2.75) is 40.3 Å². The Balaban J connectivity index is 0.00000392. The zero-order chi connectivity index (χ0) is 19.6. The summed E-state index contributed by atoms with van der Waals surface area (Å²) in [5.74, 6) is 1.76. The van der Waals surface area contributed by atoms with Gasteiger partial charge in [0, 0.05) is 50.9 Å². The van der Waals surface area contributed by atoms with Crippen molar-refractivity contribution in [3.63, 3.8) is 0 Å². The van der Waals surface area contributed by atoms with E-state index in [1.165, 1.54) is 18.7 Å². The number of hydrogen-bond acceptors (Lipinski definition) is 4. The molecule has 1 fully saturated rings. The highest BCUT2D eigenvalue weighted by Gasteiger charge is 2.20. The van der Waals surface area contributed by atoms with Crippen molar-refractivity contribution >= 4 is 29.9 Å². The number of ether oxygens (including phenoxy) is 1. The van der Waals surface area contributed by atoms with Crippen molar-refractivity contribution < 1.29 is 4.74 Å². The van der Waals surface area contributed by atoms with Crippen LogP contribution in [0.25, 0.3) is 0 Å². The van der Waals surface area contributed by atoms with E-state index in [2.05, 4.69) is 66.3 Å². The molecule has 1 aromatic carbocycles. The van der Waals surface area contributed by atoms with Crippen molar-refractivity contribution in [2.75, 3.05) is 52.9 Å². The van der Waals surface area contributed by atoms with Gasteiger partial charge in [-0.3, -0.25) is 4.90 Å². The van der Waals surface area contributed by atoms with Gasteiger partial charge in [-0.2, -0.15) is 0 Å². The fourth-order valence-electron chi connectivity index (χ4n) is 3.38. The Morgan fingerprint density at radius 2 is 1.89 bits per heavy atom. The van der Waals surface area contributed by atoms with E-state index < -0.39 is 0 Å². The average Bonchev–Trinajstić information content (AvgIpc) is 2.70. The Kier molecular flexibility index (Phi) is 11.8. The van der Waals surface area contributed by atoms with Crippen molar-refractivity contribution in [2.24, 2.45) is 4.99 Å². The number of nitrogens with one attached hydrogen (secondary N) is 2. The number of nitrogens with zero attached hydrogens (tertiary/aromatic N) is 3. The highest BCUT2D eigenvalue weighted by molar-refractivity contribution is 14.0. The highest BCUT2D eigenvalue weighted by Crippen LogP contribution is 2.20. The largest absolute Gasteiger partial charge is 0.496 e. The lowest BCUT2D eigenvalue weighted by atomic mass is 10.1. The Bertz CT molecular complexity index is 602. The SMILES string of the molecule is CCNC(=NCc1ccc(C)cc1OC)NCC(C)N1CCN(CC)CC1.I. The highest BCUT2D eigenvalue weighted by atomic mass is 127. The van der Waals surface area contributed by atoms with E-state index in [1.807, 2.05) is 0 Å². The summed E-state index contributed by atoms with van der Waals surface area (Å²) in [5, 5.41) is 6.85.